The third-order valence-corrected chi connectivity index (χ3v) is 2.45. The van der Waals surface area contributed by atoms with Gasteiger partial charge in [-0.3, -0.25) is 0 Å². The van der Waals surface area contributed by atoms with Crippen LogP contribution in [-0.4, -0.2) is 17.3 Å². The van der Waals surface area contributed by atoms with E-state index in [0.717, 1.165) is 11.3 Å². The summed E-state index contributed by atoms with van der Waals surface area (Å²) in [6.45, 7) is 0. The Morgan fingerprint density at radius 3 is 2.69 bits per heavy atom. The Balaban J connectivity index is 2.54. The zero-order valence-electron chi connectivity index (χ0n) is 8.64. The first-order valence-corrected chi connectivity index (χ1v) is 5.02. The van der Waals surface area contributed by atoms with Gasteiger partial charge in [0, 0.05) is 5.56 Å². The molecular formula is C11H10ClN3O. The van der Waals surface area contributed by atoms with Gasteiger partial charge in [0.1, 0.15) is 5.75 Å². The molecule has 5 heteroatoms. The molecule has 0 saturated carbocycles. The normalized spacial score (nSPS) is 10.1. The highest BCUT2D eigenvalue weighted by Gasteiger charge is 2.08. The number of hydrogen-bond acceptors (Lipinski definition) is 4. The van der Waals surface area contributed by atoms with E-state index in [-0.39, 0.29) is 5.15 Å². The van der Waals surface area contributed by atoms with Crippen LogP contribution in [0.25, 0.3) is 11.3 Å². The lowest BCUT2D eigenvalue weighted by molar-refractivity contribution is 0.416. The van der Waals surface area contributed by atoms with Crippen molar-refractivity contribution < 1.29 is 4.74 Å². The number of anilines is 1. The molecule has 0 amide bonds. The molecule has 0 radical (unpaired) electrons. The maximum absolute atomic E-state index is 5.71. The third-order valence-electron chi connectivity index (χ3n) is 2.16. The van der Waals surface area contributed by atoms with E-state index in [0.29, 0.717) is 11.4 Å². The Bertz CT molecular complexity index is 516. The van der Waals surface area contributed by atoms with Gasteiger partial charge in [-0.1, -0.05) is 23.7 Å². The molecule has 2 rings (SSSR count). The fraction of sp³-hybridized carbons (Fsp3) is 0.0909. The monoisotopic (exact) mass is 235 g/mol. The molecule has 0 fully saturated rings. The van der Waals surface area contributed by atoms with Crippen LogP contribution in [0.3, 0.4) is 0 Å². The molecule has 1 aromatic carbocycles. The van der Waals surface area contributed by atoms with Gasteiger partial charge in [-0.25, -0.2) is 0 Å². The fourth-order valence-electron chi connectivity index (χ4n) is 1.38. The first-order valence-electron chi connectivity index (χ1n) is 4.64. The van der Waals surface area contributed by atoms with Gasteiger partial charge in [0.2, 0.25) is 0 Å². The minimum atomic E-state index is 0.207. The minimum absolute atomic E-state index is 0.207. The van der Waals surface area contributed by atoms with E-state index in [1.807, 2.05) is 24.3 Å². The van der Waals surface area contributed by atoms with Gasteiger partial charge in [0.25, 0.3) is 0 Å². The van der Waals surface area contributed by atoms with E-state index in [1.54, 1.807) is 13.2 Å². The number of nitrogen functional groups attached to an aromatic ring is 1. The van der Waals surface area contributed by atoms with Crippen LogP contribution >= 0.6 is 11.6 Å². The summed E-state index contributed by atoms with van der Waals surface area (Å²) in [4.78, 5) is 0. The summed E-state index contributed by atoms with van der Waals surface area (Å²) < 4.78 is 5.23. The van der Waals surface area contributed by atoms with Crippen LogP contribution in [0.5, 0.6) is 5.75 Å². The predicted molar refractivity (Wildman–Crippen MR) is 63.4 cm³/mol. The fourth-order valence-corrected chi connectivity index (χ4v) is 1.47. The molecule has 0 unspecified atom stereocenters. The van der Waals surface area contributed by atoms with Crippen molar-refractivity contribution in [3.05, 3.63) is 35.5 Å². The summed E-state index contributed by atoms with van der Waals surface area (Å²) in [7, 11) is 1.60. The largest absolute Gasteiger partial charge is 0.496 e. The first kappa shape index (κ1) is 10.7. The molecule has 1 heterocycles. The van der Waals surface area contributed by atoms with E-state index in [4.69, 9.17) is 22.1 Å². The maximum Gasteiger partial charge on any atom is 0.174 e. The van der Waals surface area contributed by atoms with Crippen molar-refractivity contribution in [2.24, 2.45) is 0 Å². The van der Waals surface area contributed by atoms with Crippen LogP contribution in [0.1, 0.15) is 0 Å². The van der Waals surface area contributed by atoms with Gasteiger partial charge in [-0.05, 0) is 18.2 Å². The van der Waals surface area contributed by atoms with Gasteiger partial charge >= 0.3 is 0 Å². The van der Waals surface area contributed by atoms with Gasteiger partial charge in [0.15, 0.2) is 5.15 Å². The molecular weight excluding hydrogens is 226 g/mol. The summed E-state index contributed by atoms with van der Waals surface area (Å²) >= 11 is 5.71. The highest BCUT2D eigenvalue weighted by Crippen LogP contribution is 2.29. The van der Waals surface area contributed by atoms with Crippen molar-refractivity contribution >= 4 is 17.3 Å². The number of benzene rings is 1. The highest BCUT2D eigenvalue weighted by molar-refractivity contribution is 6.31. The zero-order valence-corrected chi connectivity index (χ0v) is 9.40. The average Bonchev–Trinajstić information content (AvgIpc) is 2.32. The summed E-state index contributed by atoms with van der Waals surface area (Å²) in [5, 5.41) is 7.95. The van der Waals surface area contributed by atoms with E-state index < -0.39 is 0 Å². The Morgan fingerprint density at radius 2 is 2.00 bits per heavy atom. The summed E-state index contributed by atoms with van der Waals surface area (Å²) in [5.41, 5.74) is 7.55. The Kier molecular flexibility index (Phi) is 2.92. The maximum atomic E-state index is 5.71. The topological polar surface area (TPSA) is 61.0 Å². The second kappa shape index (κ2) is 4.37. The molecule has 82 valence electrons. The molecule has 0 bridgehead atoms. The molecule has 1 aromatic heterocycles. The van der Waals surface area contributed by atoms with Gasteiger partial charge < -0.3 is 10.5 Å². The van der Waals surface area contributed by atoms with E-state index in [2.05, 4.69) is 10.2 Å². The number of methoxy groups -OCH3 is 1. The Hall–Kier alpha value is -1.81. The molecule has 0 aliphatic rings. The number of para-hydroxylation sites is 1. The van der Waals surface area contributed by atoms with Crippen molar-refractivity contribution in [2.45, 2.75) is 0 Å². The summed E-state index contributed by atoms with van der Waals surface area (Å²) in [6.07, 6.45) is 0. The number of hydrogen-bond donors (Lipinski definition) is 1. The van der Waals surface area contributed by atoms with Crippen LogP contribution in [0.2, 0.25) is 5.15 Å². The number of ether oxygens (including phenoxy) is 1. The standard InChI is InChI=1S/C11H10ClN3O/c1-16-10-5-3-2-4-7(10)9-6-8(13)11(12)15-14-9/h2-6H,1H3,(H2,13,14). The van der Waals surface area contributed by atoms with Crippen LogP contribution in [0.15, 0.2) is 30.3 Å². The SMILES string of the molecule is COc1ccccc1-c1cc(N)c(Cl)nn1. The first-order chi connectivity index (χ1) is 7.72. The third kappa shape index (κ3) is 1.92. The van der Waals surface area contributed by atoms with E-state index in [9.17, 15) is 0 Å². The van der Waals surface area contributed by atoms with Crippen LogP contribution in [0.4, 0.5) is 5.69 Å². The quantitative estimate of drug-likeness (QED) is 0.868. The molecule has 16 heavy (non-hydrogen) atoms. The second-order valence-corrected chi connectivity index (χ2v) is 3.53. The lowest BCUT2D eigenvalue weighted by Crippen LogP contribution is -1.96. The Morgan fingerprint density at radius 1 is 1.25 bits per heavy atom. The molecule has 0 aliphatic heterocycles. The number of halogens is 1. The zero-order chi connectivity index (χ0) is 11.5. The highest BCUT2D eigenvalue weighted by atomic mass is 35.5. The van der Waals surface area contributed by atoms with Crippen molar-refractivity contribution in [3.63, 3.8) is 0 Å². The van der Waals surface area contributed by atoms with E-state index in [1.165, 1.54) is 0 Å². The van der Waals surface area contributed by atoms with Crippen molar-refractivity contribution in [1.82, 2.24) is 10.2 Å². The molecule has 0 spiro atoms. The predicted octanol–water partition coefficient (Wildman–Crippen LogP) is 2.39. The van der Waals surface area contributed by atoms with Crippen LogP contribution < -0.4 is 10.5 Å². The minimum Gasteiger partial charge on any atom is -0.496 e. The smallest absolute Gasteiger partial charge is 0.174 e. The number of nitrogens with zero attached hydrogens (tertiary/aromatic N) is 2. The number of rotatable bonds is 2. The van der Waals surface area contributed by atoms with E-state index >= 15 is 0 Å². The average molecular weight is 236 g/mol. The second-order valence-electron chi connectivity index (χ2n) is 3.18. The van der Waals surface area contributed by atoms with Gasteiger partial charge in [-0.15, -0.1) is 10.2 Å². The Labute approximate surface area is 98.0 Å². The summed E-state index contributed by atoms with van der Waals surface area (Å²) in [6, 6.07) is 9.19. The van der Waals surface area contributed by atoms with Gasteiger partial charge in [-0.2, -0.15) is 0 Å². The van der Waals surface area contributed by atoms with Crippen LogP contribution in [0, 0.1) is 0 Å². The molecule has 4 nitrogen and oxygen atoms in total. The molecule has 0 saturated heterocycles. The number of nitrogens with two attached hydrogens (primary N) is 1. The lowest BCUT2D eigenvalue weighted by atomic mass is 10.1. The summed E-state index contributed by atoms with van der Waals surface area (Å²) in [5.74, 6) is 0.721. The lowest BCUT2D eigenvalue weighted by Gasteiger charge is -2.07. The van der Waals surface area contributed by atoms with Crippen molar-refractivity contribution in [3.8, 4) is 17.0 Å². The van der Waals surface area contributed by atoms with Crippen LogP contribution in [-0.2, 0) is 0 Å². The molecule has 2 aromatic rings. The molecule has 0 aliphatic carbocycles. The van der Waals surface area contributed by atoms with Crippen molar-refractivity contribution in [2.75, 3.05) is 12.8 Å². The van der Waals surface area contributed by atoms with Crippen molar-refractivity contribution in [1.29, 1.82) is 0 Å². The van der Waals surface area contributed by atoms with Gasteiger partial charge in [0.05, 0.1) is 18.5 Å². The molecule has 2 N–H and O–H groups in total. The molecule has 0 atom stereocenters. The number of aromatic nitrogens is 2.